The Morgan fingerprint density at radius 2 is 0.952 bits per heavy atom. The van der Waals surface area contributed by atoms with E-state index < -0.39 is 0 Å². The van der Waals surface area contributed by atoms with Gasteiger partial charge in [0, 0.05) is 43.3 Å². The molecule has 0 amide bonds. The van der Waals surface area contributed by atoms with Crippen molar-refractivity contribution in [2.75, 3.05) is 39.6 Å². The summed E-state index contributed by atoms with van der Waals surface area (Å²) in [6, 6.07) is 32.5. The summed E-state index contributed by atoms with van der Waals surface area (Å²) < 4.78 is 47.1. The molecule has 0 radical (unpaired) electrons. The number of unbranched alkanes of at least 4 members (excludes halogenated alkanes) is 2. The lowest BCUT2D eigenvalue weighted by molar-refractivity contribution is -0.152. The van der Waals surface area contributed by atoms with Gasteiger partial charge >= 0.3 is 11.9 Å². The molecule has 2 aliphatic rings. The molecule has 0 fully saturated rings. The topological polar surface area (TPSA) is 108 Å². The molecule has 62 heavy (non-hydrogen) atoms. The van der Waals surface area contributed by atoms with Crippen LogP contribution in [-0.4, -0.2) is 63.8 Å². The molecule has 8 rings (SSSR count). The number of rotatable bonds is 17. The largest absolute Gasteiger partial charge is 0.494 e. The van der Waals surface area contributed by atoms with Gasteiger partial charge in [-0.05, 0) is 96.5 Å². The van der Waals surface area contributed by atoms with E-state index in [0.29, 0.717) is 70.2 Å². The molecule has 2 aromatic heterocycles. The summed E-state index contributed by atoms with van der Waals surface area (Å²) in [5, 5.41) is 7.55. The minimum absolute atomic E-state index is 0.204. The lowest BCUT2D eigenvalue weighted by Gasteiger charge is -2.24. The van der Waals surface area contributed by atoms with Crippen molar-refractivity contribution in [1.82, 2.24) is 0 Å². The molecule has 0 N–H and O–H groups in total. The molecular weight excluding hydrogens is 960 g/mol. The Kier molecular flexibility index (Phi) is 17.0. The summed E-state index contributed by atoms with van der Waals surface area (Å²) >= 11 is 9.95. The zero-order valence-corrected chi connectivity index (χ0v) is 38.6. The van der Waals surface area contributed by atoms with Crippen molar-refractivity contribution < 1.29 is 47.5 Å². The SMILES string of the molecule is O=C(CCCCOc1ccc(-c2ccc(Br)cc2)cc1)OC1COc2cscc2OC1.O=C(CCCCOc1ccc(-c2ccc(Br)cc2)cc1)OCC1COc2cscc2O1. The predicted molar refractivity (Wildman–Crippen MR) is 248 cm³/mol. The molecule has 1 unspecified atom stereocenters. The summed E-state index contributed by atoms with van der Waals surface area (Å²) in [4.78, 5) is 24.0. The highest BCUT2D eigenvalue weighted by atomic mass is 79.9. The van der Waals surface area contributed by atoms with Crippen LogP contribution in [-0.2, 0) is 19.1 Å². The fraction of sp³-hybridized carbons (Fsp3) is 0.292. The van der Waals surface area contributed by atoms with E-state index in [2.05, 4.69) is 56.1 Å². The number of ether oxygens (including phenoxy) is 8. The number of hydrogen-bond acceptors (Lipinski definition) is 12. The van der Waals surface area contributed by atoms with Crippen LogP contribution in [0.25, 0.3) is 22.3 Å². The van der Waals surface area contributed by atoms with E-state index in [4.69, 9.17) is 37.9 Å². The summed E-state index contributed by atoms with van der Waals surface area (Å²) in [7, 11) is 0. The first-order chi connectivity index (χ1) is 30.3. The standard InChI is InChI=1S/2C24H23BrO5S/c25-19-8-4-17(5-9-19)18-6-10-20(11-7-18)27-12-2-1-3-24(26)29-14-21-13-28-22-15-31-16-23(22)30-21;25-19-8-4-17(5-9-19)18-6-10-20(11-7-18)27-12-2-1-3-24(26)30-21-13-28-22-15-31-16-23(22)29-14-21/h2*4-11,15-16,21H,1-3,12-14H2. The van der Waals surface area contributed by atoms with Crippen molar-refractivity contribution in [3.63, 3.8) is 0 Å². The second kappa shape index (κ2) is 23.4. The van der Waals surface area contributed by atoms with Gasteiger partial charge in [0.25, 0.3) is 0 Å². The van der Waals surface area contributed by atoms with Crippen LogP contribution in [0.4, 0.5) is 0 Å². The molecule has 6 aromatic rings. The minimum atomic E-state index is -0.384. The second-order valence-corrected chi connectivity index (χ2v) is 17.7. The van der Waals surface area contributed by atoms with E-state index in [0.717, 1.165) is 67.0 Å². The van der Waals surface area contributed by atoms with Gasteiger partial charge < -0.3 is 37.9 Å². The first-order valence-corrected chi connectivity index (χ1v) is 23.8. The van der Waals surface area contributed by atoms with Crippen molar-refractivity contribution in [3.05, 3.63) is 128 Å². The Labute approximate surface area is 386 Å². The quantitative estimate of drug-likeness (QED) is 0.0647. The molecule has 4 aromatic carbocycles. The Balaban J connectivity index is 0.000000186. The molecule has 0 spiro atoms. The van der Waals surface area contributed by atoms with E-state index >= 15 is 0 Å². The number of benzene rings is 4. The predicted octanol–water partition coefficient (Wildman–Crippen LogP) is 12.2. The first kappa shape index (κ1) is 45.0. The molecule has 14 heteroatoms. The summed E-state index contributed by atoms with van der Waals surface area (Å²) in [6.07, 6.45) is 3.06. The Hall–Kier alpha value is -5.02. The maximum atomic E-state index is 12.1. The van der Waals surface area contributed by atoms with Crippen molar-refractivity contribution in [3.8, 4) is 56.8 Å². The number of fused-ring (bicyclic) bond motifs is 2. The number of esters is 2. The molecule has 0 aliphatic carbocycles. The van der Waals surface area contributed by atoms with Gasteiger partial charge in [0.15, 0.2) is 35.2 Å². The summed E-state index contributed by atoms with van der Waals surface area (Å²) in [6.45, 7) is 2.34. The van der Waals surface area contributed by atoms with Crippen LogP contribution in [0.2, 0.25) is 0 Å². The molecule has 2 aliphatic heterocycles. The molecule has 1 atom stereocenters. The summed E-state index contributed by atoms with van der Waals surface area (Å²) in [5.41, 5.74) is 4.61. The average molecular weight is 1010 g/mol. The number of hydrogen-bond donors (Lipinski definition) is 0. The molecule has 0 bridgehead atoms. The smallest absolute Gasteiger partial charge is 0.306 e. The first-order valence-electron chi connectivity index (χ1n) is 20.3. The van der Waals surface area contributed by atoms with Crippen LogP contribution in [0.3, 0.4) is 0 Å². The molecule has 4 heterocycles. The lowest BCUT2D eigenvalue weighted by Crippen LogP contribution is -2.33. The molecule has 0 saturated carbocycles. The third kappa shape index (κ3) is 14.0. The molecule has 0 saturated heterocycles. The van der Waals surface area contributed by atoms with Crippen LogP contribution < -0.4 is 28.4 Å². The van der Waals surface area contributed by atoms with Gasteiger partial charge in [-0.2, -0.15) is 0 Å². The summed E-state index contributed by atoms with van der Waals surface area (Å²) in [5.74, 6) is 4.10. The van der Waals surface area contributed by atoms with Gasteiger partial charge in [-0.1, -0.05) is 80.4 Å². The third-order valence-electron chi connectivity index (χ3n) is 9.63. The third-order valence-corrected chi connectivity index (χ3v) is 12.1. The van der Waals surface area contributed by atoms with Crippen molar-refractivity contribution in [2.24, 2.45) is 0 Å². The van der Waals surface area contributed by atoms with Gasteiger partial charge in [0.1, 0.15) is 37.9 Å². The number of carbonyl (C=O) groups excluding carboxylic acids is 2. The maximum Gasteiger partial charge on any atom is 0.306 e. The fourth-order valence-electron chi connectivity index (χ4n) is 6.31. The van der Waals surface area contributed by atoms with Crippen LogP contribution in [0.1, 0.15) is 38.5 Å². The Morgan fingerprint density at radius 3 is 1.45 bits per heavy atom. The van der Waals surface area contributed by atoms with Gasteiger partial charge in [-0.3, -0.25) is 9.59 Å². The van der Waals surface area contributed by atoms with E-state index in [9.17, 15) is 9.59 Å². The zero-order valence-electron chi connectivity index (χ0n) is 33.8. The number of carbonyl (C=O) groups is 2. The molecular formula is C48H46Br2O10S2. The number of thiophene rings is 2. The van der Waals surface area contributed by atoms with Gasteiger partial charge in [-0.15, -0.1) is 22.7 Å². The van der Waals surface area contributed by atoms with Crippen LogP contribution >= 0.6 is 54.5 Å². The number of halogens is 2. The van der Waals surface area contributed by atoms with Crippen molar-refractivity contribution >= 4 is 66.5 Å². The fourth-order valence-corrected chi connectivity index (χ4v) is 8.19. The zero-order chi connectivity index (χ0) is 42.9. The Bertz CT molecular complexity index is 2260. The second-order valence-electron chi connectivity index (χ2n) is 14.3. The van der Waals surface area contributed by atoms with E-state index in [1.807, 2.05) is 94.3 Å². The van der Waals surface area contributed by atoms with E-state index in [1.54, 1.807) is 0 Å². The average Bonchev–Trinajstić information content (AvgIpc) is 3.92. The monoisotopic (exact) mass is 1000 g/mol. The van der Waals surface area contributed by atoms with E-state index in [-0.39, 0.29) is 30.8 Å². The molecule has 324 valence electrons. The Morgan fingerprint density at radius 1 is 0.532 bits per heavy atom. The van der Waals surface area contributed by atoms with Gasteiger partial charge in [-0.25, -0.2) is 0 Å². The van der Waals surface area contributed by atoms with Gasteiger partial charge in [0.05, 0.1) is 13.2 Å². The van der Waals surface area contributed by atoms with Gasteiger partial charge in [0.2, 0.25) is 0 Å². The minimum Gasteiger partial charge on any atom is -0.494 e. The maximum absolute atomic E-state index is 12.1. The van der Waals surface area contributed by atoms with Crippen LogP contribution in [0, 0.1) is 0 Å². The molecule has 10 nitrogen and oxygen atoms in total. The van der Waals surface area contributed by atoms with E-state index in [1.165, 1.54) is 22.7 Å². The van der Waals surface area contributed by atoms with Crippen molar-refractivity contribution in [2.45, 2.75) is 50.7 Å². The lowest BCUT2D eigenvalue weighted by atomic mass is 10.1. The normalized spacial score (nSPS) is 14.1. The van der Waals surface area contributed by atoms with Crippen LogP contribution in [0.15, 0.2) is 128 Å². The highest BCUT2D eigenvalue weighted by Gasteiger charge is 2.24. The highest BCUT2D eigenvalue weighted by Crippen LogP contribution is 2.36. The van der Waals surface area contributed by atoms with Crippen LogP contribution in [0.5, 0.6) is 34.5 Å². The van der Waals surface area contributed by atoms with Crippen molar-refractivity contribution in [1.29, 1.82) is 0 Å². The highest BCUT2D eigenvalue weighted by molar-refractivity contribution is 9.10.